The lowest BCUT2D eigenvalue weighted by Crippen LogP contribution is -2.16. The van der Waals surface area contributed by atoms with Gasteiger partial charge in [0.05, 0.1) is 11.0 Å². The number of benzene rings is 8. The minimum absolute atomic E-state index is 0.00126. The van der Waals surface area contributed by atoms with E-state index in [1.54, 1.807) is 17.0 Å². The summed E-state index contributed by atoms with van der Waals surface area (Å²) in [4.78, 5) is 3.81. The van der Waals surface area contributed by atoms with Crippen LogP contribution < -0.4 is 9.80 Å². The molecule has 2 nitrogen and oxygen atoms in total. The van der Waals surface area contributed by atoms with Crippen LogP contribution in [0.2, 0.25) is 0 Å². The Kier molecular flexibility index (Phi) is 6.24. The molecule has 0 atom stereocenters. The summed E-state index contributed by atoms with van der Waals surface area (Å²) in [7, 11) is 0. The van der Waals surface area contributed by atoms with Gasteiger partial charge in [0.15, 0.2) is 0 Å². The monoisotopic (exact) mass is 688 g/mol. The topological polar surface area (TPSA) is 6.48 Å². The van der Waals surface area contributed by atoms with Gasteiger partial charge in [-0.15, -0.1) is 0 Å². The fourth-order valence-corrected chi connectivity index (χ4v) is 7.32. The summed E-state index contributed by atoms with van der Waals surface area (Å²) in [6.07, 6.45) is 0. The van der Waals surface area contributed by atoms with E-state index in [0.717, 1.165) is 17.1 Å². The Bertz CT molecular complexity index is 2880. The van der Waals surface area contributed by atoms with Crippen molar-refractivity contribution in [3.8, 4) is 33.4 Å². The van der Waals surface area contributed by atoms with Crippen molar-refractivity contribution in [2.75, 3.05) is 9.80 Å². The average Bonchev–Trinajstić information content (AvgIpc) is 3.51. The molecule has 9 rings (SSSR count). The third-order valence-corrected chi connectivity index (χ3v) is 9.99. The Morgan fingerprint density at radius 2 is 0.736 bits per heavy atom. The van der Waals surface area contributed by atoms with Crippen LogP contribution in [-0.2, 0) is 5.41 Å². The smallest absolute Gasteiger partial charge is 0.0645 e. The Labute approximate surface area is 324 Å². The van der Waals surface area contributed by atoms with Crippen molar-refractivity contribution >= 4 is 34.1 Å². The van der Waals surface area contributed by atoms with Crippen LogP contribution in [0.3, 0.4) is 0 Å². The normalized spacial score (nSPS) is 14.6. The van der Waals surface area contributed by atoms with Crippen LogP contribution in [0.1, 0.15) is 35.9 Å². The molecule has 0 saturated carbocycles. The first-order chi connectivity index (χ1) is 29.4. The molecule has 0 unspecified atom stereocenters. The van der Waals surface area contributed by atoms with Crippen molar-refractivity contribution < 1.29 is 11.0 Å². The molecule has 0 N–H and O–H groups in total. The van der Waals surface area contributed by atoms with E-state index in [2.05, 4.69) is 61.2 Å². The zero-order valence-electron chi connectivity index (χ0n) is 37.4. The van der Waals surface area contributed by atoms with E-state index in [1.165, 1.54) is 22.3 Å². The Hall–Kier alpha value is -6.64. The highest BCUT2D eigenvalue weighted by Crippen LogP contribution is 2.50. The molecule has 0 radical (unpaired) electrons. The zero-order chi connectivity index (χ0) is 42.7. The fourth-order valence-electron chi connectivity index (χ4n) is 7.32. The predicted octanol–water partition coefficient (Wildman–Crippen LogP) is 14.3. The van der Waals surface area contributed by atoms with E-state index >= 15 is 0 Å². The fraction of sp³-hybridized carbons (Fsp3) is 0.0588. The van der Waals surface area contributed by atoms with Crippen LogP contribution in [0.15, 0.2) is 206 Å². The number of fused-ring (bicyclic) bond motifs is 3. The molecule has 8 aromatic rings. The van der Waals surface area contributed by atoms with Gasteiger partial charge in [0, 0.05) is 39.5 Å². The molecule has 0 heterocycles. The number of para-hydroxylation sites is 3. The maximum Gasteiger partial charge on any atom is 0.0645 e. The molecular formula is C51H40N2. The van der Waals surface area contributed by atoms with E-state index in [1.807, 2.05) is 103 Å². The van der Waals surface area contributed by atoms with Gasteiger partial charge in [-0.25, -0.2) is 0 Å². The Balaban J connectivity index is 1.12. The predicted molar refractivity (Wildman–Crippen MR) is 224 cm³/mol. The number of rotatable bonds is 8. The summed E-state index contributed by atoms with van der Waals surface area (Å²) >= 11 is 0. The van der Waals surface area contributed by atoms with Crippen LogP contribution in [0.4, 0.5) is 34.1 Å². The summed E-state index contributed by atoms with van der Waals surface area (Å²) in [5.74, 6) is 0. The zero-order valence-corrected chi connectivity index (χ0v) is 29.4. The molecule has 0 saturated heterocycles. The highest BCUT2D eigenvalue weighted by molar-refractivity contribution is 5.86. The summed E-state index contributed by atoms with van der Waals surface area (Å²) in [5, 5.41) is 0. The molecular weight excluding hydrogens is 641 g/mol. The van der Waals surface area contributed by atoms with E-state index in [4.69, 9.17) is 0 Å². The van der Waals surface area contributed by atoms with Crippen LogP contribution in [-0.4, -0.2) is 0 Å². The van der Waals surface area contributed by atoms with Crippen LogP contribution in [0.5, 0.6) is 0 Å². The van der Waals surface area contributed by atoms with Gasteiger partial charge in [-0.3, -0.25) is 0 Å². The third-order valence-electron chi connectivity index (χ3n) is 9.99. The van der Waals surface area contributed by atoms with Gasteiger partial charge in [-0.1, -0.05) is 147 Å². The number of hydrogen-bond acceptors (Lipinski definition) is 2. The number of nitrogens with zero attached hydrogens (tertiary/aromatic N) is 2. The second kappa shape index (κ2) is 13.5. The molecule has 0 bridgehead atoms. The van der Waals surface area contributed by atoms with Crippen molar-refractivity contribution in [2.24, 2.45) is 0 Å². The first kappa shape index (κ1) is 24.5. The van der Waals surface area contributed by atoms with Crippen molar-refractivity contribution in [3.05, 3.63) is 217 Å². The van der Waals surface area contributed by atoms with Crippen LogP contribution in [0.25, 0.3) is 33.4 Å². The highest BCUT2D eigenvalue weighted by Gasteiger charge is 2.35. The van der Waals surface area contributed by atoms with Crippen molar-refractivity contribution in [1.82, 2.24) is 0 Å². The molecule has 0 spiro atoms. The largest absolute Gasteiger partial charge is 0.311 e. The lowest BCUT2D eigenvalue weighted by atomic mass is 9.82. The number of hydrogen-bond donors (Lipinski definition) is 0. The Morgan fingerprint density at radius 3 is 1.28 bits per heavy atom. The van der Waals surface area contributed by atoms with Crippen molar-refractivity contribution in [1.29, 1.82) is 0 Å². The van der Waals surface area contributed by atoms with Crippen LogP contribution >= 0.6 is 0 Å². The van der Waals surface area contributed by atoms with E-state index < -0.39 is 24.2 Å². The molecule has 8 aromatic carbocycles. The maximum atomic E-state index is 9.19. The lowest BCUT2D eigenvalue weighted by molar-refractivity contribution is 0.660. The molecule has 0 fully saturated rings. The first-order valence-electron chi connectivity index (χ1n) is 21.7. The number of anilines is 6. The maximum absolute atomic E-state index is 9.19. The summed E-state index contributed by atoms with van der Waals surface area (Å²) in [6.45, 7) is 4.50. The van der Waals surface area contributed by atoms with Crippen molar-refractivity contribution in [3.63, 3.8) is 0 Å². The molecule has 1 aliphatic carbocycles. The second-order valence-electron chi connectivity index (χ2n) is 13.6. The van der Waals surface area contributed by atoms with E-state index in [0.29, 0.717) is 16.9 Å². The van der Waals surface area contributed by atoms with Gasteiger partial charge in [-0.2, -0.15) is 0 Å². The third kappa shape index (κ3) is 5.99. The minimum Gasteiger partial charge on any atom is -0.311 e. The van der Waals surface area contributed by atoms with E-state index in [9.17, 15) is 11.0 Å². The minimum atomic E-state index is -0.467. The molecule has 0 aliphatic heterocycles. The standard InChI is InChI=1S/C51H40N2/c1-51(2)49-21-13-12-20-47(49)48-35-34-46(36-50(48)51)53(43-18-10-5-11-19-43)45-32-28-40(29-33-45)38-24-22-37(23-25-38)39-26-30-44(31-27-39)52(41-14-6-3-7-15-41)42-16-8-4-9-17-42/h3-36H,1-2H3/i22D,23D,24D,25D,26D,27D,30D,31D. The molecule has 2 heteroatoms. The highest BCUT2D eigenvalue weighted by atomic mass is 15.1. The lowest BCUT2D eigenvalue weighted by Gasteiger charge is -2.28. The summed E-state index contributed by atoms with van der Waals surface area (Å²) < 4.78 is 73.5. The summed E-state index contributed by atoms with van der Waals surface area (Å²) in [6, 6.07) is 47.4. The Morgan fingerprint density at radius 1 is 0.340 bits per heavy atom. The first-order valence-corrected chi connectivity index (χ1v) is 17.7. The van der Waals surface area contributed by atoms with Gasteiger partial charge in [0.2, 0.25) is 0 Å². The van der Waals surface area contributed by atoms with Gasteiger partial charge in [0.25, 0.3) is 0 Å². The molecule has 53 heavy (non-hydrogen) atoms. The van der Waals surface area contributed by atoms with Gasteiger partial charge >= 0.3 is 0 Å². The second-order valence-corrected chi connectivity index (χ2v) is 13.6. The quantitative estimate of drug-likeness (QED) is 0.157. The molecule has 0 aromatic heterocycles. The SMILES string of the molecule is [2H]c1c([2H])c(-c2c([2H])c([2H])c(N(c3ccccc3)c3ccccc3)c([2H])c2[2H])c([2H])c([2H])c1-c1ccc(N(c2ccccc2)c2ccc3c(c2)C(C)(C)c2ccccc2-3)cc1. The molecule has 0 amide bonds. The average molecular weight is 689 g/mol. The van der Waals surface area contributed by atoms with Crippen LogP contribution in [0, 0.1) is 0 Å². The van der Waals surface area contributed by atoms with Gasteiger partial charge < -0.3 is 9.80 Å². The van der Waals surface area contributed by atoms with Gasteiger partial charge in [0.1, 0.15) is 0 Å². The summed E-state index contributed by atoms with van der Waals surface area (Å²) in [5.41, 5.74) is 8.70. The van der Waals surface area contributed by atoms with Crippen molar-refractivity contribution in [2.45, 2.75) is 19.3 Å². The van der Waals surface area contributed by atoms with Gasteiger partial charge in [-0.05, 0) is 117 Å². The molecule has 254 valence electrons. The molecule has 1 aliphatic rings. The van der Waals surface area contributed by atoms with E-state index in [-0.39, 0.29) is 52.0 Å².